The summed E-state index contributed by atoms with van der Waals surface area (Å²) >= 11 is 3.82. The van der Waals surface area contributed by atoms with Gasteiger partial charge in [-0.1, -0.05) is 81.1 Å². The Kier molecular flexibility index (Phi) is 9.45. The second kappa shape index (κ2) is 10.2. The van der Waals surface area contributed by atoms with Gasteiger partial charge in [0.15, 0.2) is 0 Å². The lowest BCUT2D eigenvalue weighted by Crippen LogP contribution is -2.29. The second-order valence-electron chi connectivity index (χ2n) is 6.88. The van der Waals surface area contributed by atoms with E-state index in [2.05, 4.69) is 29.8 Å². The first-order chi connectivity index (χ1) is 9.26. The van der Waals surface area contributed by atoms with Gasteiger partial charge in [0.25, 0.3) is 0 Å². The summed E-state index contributed by atoms with van der Waals surface area (Å²) in [6.45, 7) is 4.62. The van der Waals surface area contributed by atoms with Crippen LogP contribution in [0.25, 0.3) is 0 Å². The molecule has 1 aliphatic rings. The third-order valence-electron chi connectivity index (χ3n) is 5.23. The molecule has 114 valence electrons. The van der Waals surface area contributed by atoms with Crippen LogP contribution < -0.4 is 0 Å². The number of alkyl halides is 1. The fraction of sp³-hybridized carbons (Fsp3) is 1.00. The van der Waals surface area contributed by atoms with Crippen LogP contribution in [0.5, 0.6) is 0 Å². The fourth-order valence-electron chi connectivity index (χ4n) is 3.63. The highest BCUT2D eigenvalue weighted by Gasteiger charge is 2.33. The summed E-state index contributed by atoms with van der Waals surface area (Å²) in [5.41, 5.74) is 0.662. The SMILES string of the molecule is CCCCCCCC1(CBr)CCC(CCCC)CC1. The van der Waals surface area contributed by atoms with E-state index in [-0.39, 0.29) is 0 Å². The molecular formula is C18H35Br. The first-order valence-corrected chi connectivity index (χ1v) is 9.94. The molecule has 0 atom stereocenters. The van der Waals surface area contributed by atoms with Crippen molar-refractivity contribution in [2.24, 2.45) is 11.3 Å². The first-order valence-electron chi connectivity index (χ1n) is 8.82. The second-order valence-corrected chi connectivity index (χ2v) is 7.44. The van der Waals surface area contributed by atoms with Crippen LogP contribution in [-0.2, 0) is 0 Å². The molecule has 0 N–H and O–H groups in total. The molecule has 0 amide bonds. The van der Waals surface area contributed by atoms with Gasteiger partial charge in [0, 0.05) is 5.33 Å². The number of unbranched alkanes of at least 4 members (excludes halogenated alkanes) is 5. The van der Waals surface area contributed by atoms with E-state index < -0.39 is 0 Å². The standard InChI is InChI=1S/C18H35Br/c1-3-5-7-8-9-13-18(16-19)14-11-17(12-15-18)10-6-4-2/h17H,3-16H2,1-2H3. The predicted molar refractivity (Wildman–Crippen MR) is 91.1 cm³/mol. The van der Waals surface area contributed by atoms with Gasteiger partial charge in [0.2, 0.25) is 0 Å². The average Bonchev–Trinajstić information content (AvgIpc) is 2.46. The van der Waals surface area contributed by atoms with Crippen LogP contribution in [0.15, 0.2) is 0 Å². The molecule has 19 heavy (non-hydrogen) atoms. The van der Waals surface area contributed by atoms with Crippen molar-refractivity contribution >= 4 is 15.9 Å². The molecule has 1 aliphatic carbocycles. The zero-order valence-corrected chi connectivity index (χ0v) is 14.9. The molecule has 0 aliphatic heterocycles. The maximum absolute atomic E-state index is 3.82. The van der Waals surface area contributed by atoms with Crippen LogP contribution in [-0.4, -0.2) is 5.33 Å². The monoisotopic (exact) mass is 330 g/mol. The Morgan fingerprint density at radius 3 is 2.11 bits per heavy atom. The van der Waals surface area contributed by atoms with Gasteiger partial charge in [0.05, 0.1) is 0 Å². The van der Waals surface area contributed by atoms with Crippen LogP contribution in [0.4, 0.5) is 0 Å². The first kappa shape index (κ1) is 17.5. The molecule has 0 nitrogen and oxygen atoms in total. The summed E-state index contributed by atoms with van der Waals surface area (Å²) in [6, 6.07) is 0. The maximum Gasteiger partial charge on any atom is 0.00879 e. The van der Waals surface area contributed by atoms with Crippen molar-refractivity contribution in [2.75, 3.05) is 5.33 Å². The maximum atomic E-state index is 3.82. The average molecular weight is 331 g/mol. The normalized spacial score (nSPS) is 27.6. The molecule has 0 spiro atoms. The topological polar surface area (TPSA) is 0 Å². The van der Waals surface area contributed by atoms with E-state index in [1.165, 1.54) is 88.8 Å². The van der Waals surface area contributed by atoms with Crippen LogP contribution in [0.2, 0.25) is 0 Å². The summed E-state index contributed by atoms with van der Waals surface area (Å²) in [6.07, 6.45) is 18.9. The summed E-state index contributed by atoms with van der Waals surface area (Å²) in [7, 11) is 0. The molecule has 1 fully saturated rings. The van der Waals surface area contributed by atoms with E-state index >= 15 is 0 Å². The molecule has 0 saturated heterocycles. The van der Waals surface area contributed by atoms with Gasteiger partial charge in [-0.25, -0.2) is 0 Å². The Hall–Kier alpha value is 0.480. The minimum atomic E-state index is 0.662. The lowest BCUT2D eigenvalue weighted by atomic mass is 9.68. The molecule has 1 saturated carbocycles. The Labute approximate surface area is 130 Å². The van der Waals surface area contributed by atoms with Crippen molar-refractivity contribution in [2.45, 2.75) is 97.3 Å². The summed E-state index contributed by atoms with van der Waals surface area (Å²) in [5, 5.41) is 1.24. The van der Waals surface area contributed by atoms with Crippen LogP contribution in [0.1, 0.15) is 97.3 Å². The van der Waals surface area contributed by atoms with Crippen molar-refractivity contribution in [1.29, 1.82) is 0 Å². The molecule has 1 heteroatoms. The van der Waals surface area contributed by atoms with E-state index in [9.17, 15) is 0 Å². The molecule has 0 aromatic rings. The minimum Gasteiger partial charge on any atom is -0.0922 e. The number of hydrogen-bond donors (Lipinski definition) is 0. The summed E-state index contributed by atoms with van der Waals surface area (Å²) < 4.78 is 0. The zero-order valence-electron chi connectivity index (χ0n) is 13.4. The van der Waals surface area contributed by atoms with E-state index in [0.717, 1.165) is 5.92 Å². The molecular weight excluding hydrogens is 296 g/mol. The molecule has 0 aromatic carbocycles. The highest BCUT2D eigenvalue weighted by Crippen LogP contribution is 2.45. The van der Waals surface area contributed by atoms with Gasteiger partial charge in [-0.15, -0.1) is 0 Å². The number of halogens is 1. The molecule has 0 radical (unpaired) electrons. The van der Waals surface area contributed by atoms with Gasteiger partial charge in [-0.3, -0.25) is 0 Å². The largest absolute Gasteiger partial charge is 0.0922 e. The van der Waals surface area contributed by atoms with E-state index in [4.69, 9.17) is 0 Å². The van der Waals surface area contributed by atoms with Crippen LogP contribution >= 0.6 is 15.9 Å². The third-order valence-corrected chi connectivity index (χ3v) is 6.42. The van der Waals surface area contributed by atoms with Gasteiger partial charge < -0.3 is 0 Å². The van der Waals surface area contributed by atoms with Gasteiger partial charge >= 0.3 is 0 Å². The summed E-state index contributed by atoms with van der Waals surface area (Å²) in [4.78, 5) is 0. The molecule has 0 aromatic heterocycles. The molecule has 0 bridgehead atoms. The predicted octanol–water partition coefficient (Wildman–Crippen LogP) is 7.11. The smallest absolute Gasteiger partial charge is 0.00879 e. The molecule has 1 rings (SSSR count). The van der Waals surface area contributed by atoms with Crippen LogP contribution in [0, 0.1) is 11.3 Å². The Morgan fingerprint density at radius 1 is 0.895 bits per heavy atom. The fourth-order valence-corrected chi connectivity index (χ4v) is 4.47. The quantitative estimate of drug-likeness (QED) is 0.295. The highest BCUT2D eigenvalue weighted by molar-refractivity contribution is 9.09. The van der Waals surface area contributed by atoms with E-state index in [1.54, 1.807) is 0 Å². The van der Waals surface area contributed by atoms with Crippen molar-refractivity contribution in [3.63, 3.8) is 0 Å². The van der Waals surface area contributed by atoms with Gasteiger partial charge in [-0.05, 0) is 43.4 Å². The molecule has 0 heterocycles. The third kappa shape index (κ3) is 6.65. The summed E-state index contributed by atoms with van der Waals surface area (Å²) in [5.74, 6) is 1.05. The van der Waals surface area contributed by atoms with Crippen molar-refractivity contribution in [3.8, 4) is 0 Å². The molecule has 0 unspecified atom stereocenters. The van der Waals surface area contributed by atoms with Crippen molar-refractivity contribution in [3.05, 3.63) is 0 Å². The van der Waals surface area contributed by atoms with E-state index in [0.29, 0.717) is 5.41 Å². The Balaban J connectivity index is 2.22. The van der Waals surface area contributed by atoms with Crippen molar-refractivity contribution < 1.29 is 0 Å². The van der Waals surface area contributed by atoms with Gasteiger partial charge in [-0.2, -0.15) is 0 Å². The Morgan fingerprint density at radius 2 is 1.53 bits per heavy atom. The zero-order chi connectivity index (χ0) is 14.0. The lowest BCUT2D eigenvalue weighted by Gasteiger charge is -2.39. The van der Waals surface area contributed by atoms with Crippen LogP contribution in [0.3, 0.4) is 0 Å². The minimum absolute atomic E-state index is 0.662. The van der Waals surface area contributed by atoms with Gasteiger partial charge in [0.1, 0.15) is 0 Å². The number of hydrogen-bond acceptors (Lipinski definition) is 0. The van der Waals surface area contributed by atoms with E-state index in [1.807, 2.05) is 0 Å². The Bertz CT molecular complexity index is 198. The van der Waals surface area contributed by atoms with Crippen molar-refractivity contribution in [1.82, 2.24) is 0 Å². The highest BCUT2D eigenvalue weighted by atomic mass is 79.9. The number of rotatable bonds is 10. The lowest BCUT2D eigenvalue weighted by molar-refractivity contribution is 0.153.